The van der Waals surface area contributed by atoms with Crippen LogP contribution in [0.2, 0.25) is 0 Å². The number of benzene rings is 2. The summed E-state index contributed by atoms with van der Waals surface area (Å²) in [7, 11) is 0. The number of hydrogen-bond acceptors (Lipinski definition) is 4. The predicted molar refractivity (Wildman–Crippen MR) is 112 cm³/mol. The number of carbonyl (C=O) groups excluding carboxylic acids is 1. The average molecular weight is 466 g/mol. The van der Waals surface area contributed by atoms with E-state index in [4.69, 9.17) is 9.47 Å². The van der Waals surface area contributed by atoms with Gasteiger partial charge < -0.3 is 9.47 Å². The summed E-state index contributed by atoms with van der Waals surface area (Å²) in [5.41, 5.74) is 3.90. The third-order valence-electron chi connectivity index (χ3n) is 3.38. The SMILES string of the molecule is CCCOc1ccc(C=NNC(=O)c2cccc(I)c2)c(OCCC)c1. The van der Waals surface area contributed by atoms with Gasteiger partial charge in [0.15, 0.2) is 0 Å². The Morgan fingerprint density at radius 2 is 1.88 bits per heavy atom. The zero-order chi connectivity index (χ0) is 18.8. The highest BCUT2D eigenvalue weighted by Gasteiger charge is 2.06. The summed E-state index contributed by atoms with van der Waals surface area (Å²) in [6.07, 6.45) is 3.43. The Labute approximate surface area is 167 Å². The lowest BCUT2D eigenvalue weighted by atomic mass is 10.2. The molecule has 0 unspecified atom stereocenters. The zero-order valence-corrected chi connectivity index (χ0v) is 17.2. The van der Waals surface area contributed by atoms with E-state index in [2.05, 4.69) is 40.0 Å². The van der Waals surface area contributed by atoms with Crippen molar-refractivity contribution in [2.45, 2.75) is 26.7 Å². The minimum absolute atomic E-state index is 0.251. The molecule has 5 nitrogen and oxygen atoms in total. The van der Waals surface area contributed by atoms with Gasteiger partial charge in [-0.05, 0) is 65.8 Å². The Balaban J connectivity index is 2.08. The van der Waals surface area contributed by atoms with E-state index < -0.39 is 0 Å². The fourth-order valence-electron chi connectivity index (χ4n) is 2.12. The summed E-state index contributed by atoms with van der Waals surface area (Å²) < 4.78 is 12.4. The molecule has 0 spiro atoms. The molecule has 0 radical (unpaired) electrons. The molecule has 0 atom stereocenters. The quantitative estimate of drug-likeness (QED) is 0.333. The van der Waals surface area contributed by atoms with Gasteiger partial charge in [-0.1, -0.05) is 19.9 Å². The molecular formula is C20H23IN2O3. The van der Waals surface area contributed by atoms with E-state index in [0.717, 1.165) is 27.7 Å². The normalized spacial score (nSPS) is 10.7. The summed E-state index contributed by atoms with van der Waals surface area (Å²) in [5, 5.41) is 4.06. The minimum Gasteiger partial charge on any atom is -0.493 e. The summed E-state index contributed by atoms with van der Waals surface area (Å²) in [5.74, 6) is 1.20. The monoisotopic (exact) mass is 466 g/mol. The Hall–Kier alpha value is -2.09. The van der Waals surface area contributed by atoms with Crippen LogP contribution in [0.25, 0.3) is 0 Å². The molecule has 0 aromatic heterocycles. The molecule has 0 aliphatic heterocycles. The van der Waals surface area contributed by atoms with Crippen LogP contribution in [-0.2, 0) is 0 Å². The van der Waals surface area contributed by atoms with E-state index in [9.17, 15) is 4.79 Å². The molecule has 1 amide bonds. The molecule has 0 aliphatic rings. The van der Waals surface area contributed by atoms with Crippen LogP contribution in [-0.4, -0.2) is 25.3 Å². The van der Waals surface area contributed by atoms with E-state index in [-0.39, 0.29) is 5.91 Å². The third kappa shape index (κ3) is 6.33. The first-order valence-corrected chi connectivity index (χ1v) is 9.70. The van der Waals surface area contributed by atoms with Crippen molar-refractivity contribution >= 4 is 34.7 Å². The van der Waals surface area contributed by atoms with Gasteiger partial charge in [-0.3, -0.25) is 4.79 Å². The molecule has 6 heteroatoms. The van der Waals surface area contributed by atoms with Crippen molar-refractivity contribution in [1.82, 2.24) is 5.43 Å². The van der Waals surface area contributed by atoms with Crippen LogP contribution in [0.3, 0.4) is 0 Å². The van der Waals surface area contributed by atoms with Crippen LogP contribution in [0.1, 0.15) is 42.6 Å². The average Bonchev–Trinajstić information content (AvgIpc) is 2.65. The molecule has 0 saturated carbocycles. The molecule has 2 aromatic carbocycles. The molecule has 26 heavy (non-hydrogen) atoms. The van der Waals surface area contributed by atoms with Gasteiger partial charge >= 0.3 is 0 Å². The molecule has 2 aromatic rings. The summed E-state index contributed by atoms with van der Waals surface area (Å²) in [6, 6.07) is 12.9. The maximum absolute atomic E-state index is 12.1. The molecule has 138 valence electrons. The molecule has 1 N–H and O–H groups in total. The number of hydrazone groups is 1. The number of hydrogen-bond donors (Lipinski definition) is 1. The minimum atomic E-state index is -0.251. The van der Waals surface area contributed by atoms with Crippen LogP contribution in [0, 0.1) is 3.57 Å². The van der Waals surface area contributed by atoms with Crippen molar-refractivity contribution in [3.63, 3.8) is 0 Å². The van der Waals surface area contributed by atoms with Crippen molar-refractivity contribution in [2.24, 2.45) is 5.10 Å². The fraction of sp³-hybridized carbons (Fsp3) is 0.300. The van der Waals surface area contributed by atoms with E-state index in [1.165, 1.54) is 0 Å². The van der Waals surface area contributed by atoms with Crippen molar-refractivity contribution in [3.05, 3.63) is 57.2 Å². The van der Waals surface area contributed by atoms with Gasteiger partial charge in [0, 0.05) is 20.8 Å². The first-order chi connectivity index (χ1) is 12.6. The fourth-order valence-corrected chi connectivity index (χ4v) is 2.67. The van der Waals surface area contributed by atoms with Gasteiger partial charge in [0.2, 0.25) is 0 Å². The van der Waals surface area contributed by atoms with E-state index in [1.54, 1.807) is 18.3 Å². The van der Waals surface area contributed by atoms with Gasteiger partial charge in [-0.2, -0.15) is 5.10 Å². The zero-order valence-electron chi connectivity index (χ0n) is 15.0. The second-order valence-electron chi connectivity index (χ2n) is 5.61. The number of nitrogens with zero attached hydrogens (tertiary/aromatic N) is 1. The summed E-state index contributed by atoms with van der Waals surface area (Å²) in [6.45, 7) is 5.37. The lowest BCUT2D eigenvalue weighted by Gasteiger charge is -2.11. The van der Waals surface area contributed by atoms with Gasteiger partial charge in [0.25, 0.3) is 5.91 Å². The third-order valence-corrected chi connectivity index (χ3v) is 4.05. The standard InChI is InChI=1S/C20H23IN2O3/c1-3-10-25-18-9-8-16(19(13-18)26-11-4-2)14-22-23-20(24)15-6-5-7-17(21)12-15/h5-9,12-14H,3-4,10-11H2,1-2H3,(H,23,24). The molecule has 0 aliphatic carbocycles. The molecule has 0 bridgehead atoms. The number of carbonyl (C=O) groups is 1. The second kappa shape index (κ2) is 10.8. The highest BCUT2D eigenvalue weighted by Crippen LogP contribution is 2.24. The van der Waals surface area contributed by atoms with E-state index >= 15 is 0 Å². The maximum Gasteiger partial charge on any atom is 0.271 e. The highest BCUT2D eigenvalue weighted by molar-refractivity contribution is 14.1. The Bertz CT molecular complexity index is 762. The molecule has 0 heterocycles. The van der Waals surface area contributed by atoms with E-state index in [0.29, 0.717) is 24.5 Å². The topological polar surface area (TPSA) is 59.9 Å². The van der Waals surface area contributed by atoms with Crippen molar-refractivity contribution in [1.29, 1.82) is 0 Å². The summed E-state index contributed by atoms with van der Waals surface area (Å²) in [4.78, 5) is 12.1. The number of ether oxygens (including phenoxy) is 2. The first-order valence-electron chi connectivity index (χ1n) is 8.62. The second-order valence-corrected chi connectivity index (χ2v) is 6.85. The number of rotatable bonds is 9. The van der Waals surface area contributed by atoms with Crippen LogP contribution in [0.15, 0.2) is 47.6 Å². The molecule has 0 fully saturated rings. The van der Waals surface area contributed by atoms with Crippen LogP contribution in [0.4, 0.5) is 0 Å². The van der Waals surface area contributed by atoms with Crippen LogP contribution >= 0.6 is 22.6 Å². The predicted octanol–water partition coefficient (Wildman–Crippen LogP) is 4.63. The van der Waals surface area contributed by atoms with Crippen molar-refractivity contribution < 1.29 is 14.3 Å². The molecular weight excluding hydrogens is 443 g/mol. The lowest BCUT2D eigenvalue weighted by molar-refractivity contribution is 0.0955. The van der Waals surface area contributed by atoms with Gasteiger partial charge in [0.1, 0.15) is 11.5 Å². The smallest absolute Gasteiger partial charge is 0.271 e. The number of halogens is 1. The number of nitrogens with one attached hydrogen (secondary N) is 1. The highest BCUT2D eigenvalue weighted by atomic mass is 127. The molecule has 0 saturated heterocycles. The van der Waals surface area contributed by atoms with Crippen molar-refractivity contribution in [3.8, 4) is 11.5 Å². The summed E-state index contributed by atoms with van der Waals surface area (Å²) >= 11 is 2.17. The van der Waals surface area contributed by atoms with Gasteiger partial charge in [-0.25, -0.2) is 5.43 Å². The maximum atomic E-state index is 12.1. The van der Waals surface area contributed by atoms with E-state index in [1.807, 2.05) is 37.3 Å². The lowest BCUT2D eigenvalue weighted by Crippen LogP contribution is -2.17. The Kier molecular flexibility index (Phi) is 8.40. The Morgan fingerprint density at radius 1 is 1.12 bits per heavy atom. The first kappa shape index (κ1) is 20.2. The van der Waals surface area contributed by atoms with Crippen LogP contribution in [0.5, 0.6) is 11.5 Å². The Morgan fingerprint density at radius 3 is 2.62 bits per heavy atom. The largest absolute Gasteiger partial charge is 0.493 e. The van der Waals surface area contributed by atoms with Gasteiger partial charge in [-0.15, -0.1) is 0 Å². The molecule has 2 rings (SSSR count). The number of amides is 1. The van der Waals surface area contributed by atoms with Gasteiger partial charge in [0.05, 0.1) is 19.4 Å². The van der Waals surface area contributed by atoms with Crippen LogP contribution < -0.4 is 14.9 Å². The van der Waals surface area contributed by atoms with Crippen molar-refractivity contribution in [2.75, 3.05) is 13.2 Å².